The molecule has 0 unspecified atom stereocenters. The van der Waals surface area contributed by atoms with Gasteiger partial charge in [0.25, 0.3) is 5.91 Å². The molecule has 0 saturated heterocycles. The molecule has 0 atom stereocenters. The molecule has 0 aliphatic carbocycles. The van der Waals surface area contributed by atoms with E-state index in [1.165, 1.54) is 11.1 Å². The first-order valence-corrected chi connectivity index (χ1v) is 9.66. The summed E-state index contributed by atoms with van der Waals surface area (Å²) in [5, 5.41) is 6.04. The Morgan fingerprint density at radius 1 is 1.04 bits per heavy atom. The second-order valence-corrected chi connectivity index (χ2v) is 8.35. The maximum absolute atomic E-state index is 12.3. The fraction of sp³-hybridized carbons (Fsp3) is 0.273. The third kappa shape index (κ3) is 4.79. The second kappa shape index (κ2) is 7.83. The van der Waals surface area contributed by atoms with E-state index in [1.807, 2.05) is 47.8 Å². The molecule has 0 aliphatic heterocycles. The van der Waals surface area contributed by atoms with Gasteiger partial charge in [0.15, 0.2) is 0 Å². The van der Waals surface area contributed by atoms with E-state index in [4.69, 9.17) is 0 Å². The molecule has 0 spiro atoms. The van der Waals surface area contributed by atoms with Crippen LogP contribution in [0.4, 0.5) is 0 Å². The Labute approximate surface area is 159 Å². The van der Waals surface area contributed by atoms with Crippen LogP contribution in [0.25, 0.3) is 0 Å². The molecule has 0 aliphatic rings. The van der Waals surface area contributed by atoms with Gasteiger partial charge in [0.2, 0.25) is 0 Å². The highest BCUT2D eigenvalue weighted by atomic mass is 32.1. The third-order valence-corrected chi connectivity index (χ3v) is 5.14. The van der Waals surface area contributed by atoms with E-state index in [1.54, 1.807) is 11.3 Å². The Morgan fingerprint density at radius 2 is 1.73 bits per heavy atom. The minimum Gasteiger partial charge on any atom is -0.346 e. The summed E-state index contributed by atoms with van der Waals surface area (Å²) in [5.41, 5.74) is 4.14. The number of amides is 1. The molecule has 1 heterocycles. The summed E-state index contributed by atoms with van der Waals surface area (Å²) in [4.78, 5) is 17.0. The maximum atomic E-state index is 12.3. The zero-order valence-corrected chi connectivity index (χ0v) is 16.3. The van der Waals surface area contributed by atoms with E-state index in [2.05, 4.69) is 43.2 Å². The number of aromatic nitrogens is 1. The van der Waals surface area contributed by atoms with Gasteiger partial charge in [-0.2, -0.15) is 0 Å². The van der Waals surface area contributed by atoms with Crippen molar-refractivity contribution in [1.82, 2.24) is 10.3 Å². The van der Waals surface area contributed by atoms with Gasteiger partial charge in [0, 0.05) is 17.4 Å². The lowest BCUT2D eigenvalue weighted by Crippen LogP contribution is -2.23. The first kappa shape index (κ1) is 18.3. The standard InChI is InChI=1S/C22H24N2OS/c1-22(2,3)18-11-9-17(10-12-18)21(25)23-14-19-15-26-20(24-19)13-16-7-5-4-6-8-16/h4-12,15H,13-14H2,1-3H3,(H,23,25). The first-order chi connectivity index (χ1) is 12.4. The molecule has 4 heteroatoms. The topological polar surface area (TPSA) is 42.0 Å². The molecule has 0 saturated carbocycles. The van der Waals surface area contributed by atoms with Gasteiger partial charge >= 0.3 is 0 Å². The van der Waals surface area contributed by atoms with Crippen LogP contribution in [0.1, 0.15) is 53.0 Å². The highest BCUT2D eigenvalue weighted by Gasteiger charge is 2.14. The molecule has 0 radical (unpaired) electrons. The lowest BCUT2D eigenvalue weighted by Gasteiger charge is -2.19. The molecule has 3 nitrogen and oxygen atoms in total. The first-order valence-electron chi connectivity index (χ1n) is 8.78. The Morgan fingerprint density at radius 3 is 2.38 bits per heavy atom. The molecule has 26 heavy (non-hydrogen) atoms. The van der Waals surface area contributed by atoms with Gasteiger partial charge < -0.3 is 5.32 Å². The minimum absolute atomic E-state index is 0.0666. The third-order valence-electron chi connectivity index (χ3n) is 4.24. The SMILES string of the molecule is CC(C)(C)c1ccc(C(=O)NCc2csc(Cc3ccccc3)n2)cc1. The molecule has 3 aromatic rings. The lowest BCUT2D eigenvalue weighted by atomic mass is 9.87. The summed E-state index contributed by atoms with van der Waals surface area (Å²) >= 11 is 1.63. The molecule has 1 N–H and O–H groups in total. The zero-order valence-electron chi connectivity index (χ0n) is 15.5. The number of carbonyl (C=O) groups excluding carboxylic acids is 1. The zero-order chi connectivity index (χ0) is 18.6. The van der Waals surface area contributed by atoms with Gasteiger partial charge in [-0.15, -0.1) is 11.3 Å². The van der Waals surface area contributed by atoms with Gasteiger partial charge in [-0.3, -0.25) is 4.79 Å². The fourth-order valence-electron chi connectivity index (χ4n) is 2.68. The van der Waals surface area contributed by atoms with Crippen LogP contribution in [0.15, 0.2) is 60.0 Å². The average molecular weight is 365 g/mol. The van der Waals surface area contributed by atoms with Crippen molar-refractivity contribution in [3.8, 4) is 0 Å². The largest absolute Gasteiger partial charge is 0.346 e. The average Bonchev–Trinajstić information content (AvgIpc) is 3.07. The van der Waals surface area contributed by atoms with Crippen molar-refractivity contribution in [3.63, 3.8) is 0 Å². The molecule has 134 valence electrons. The highest BCUT2D eigenvalue weighted by Crippen LogP contribution is 2.22. The van der Waals surface area contributed by atoms with E-state index in [0.29, 0.717) is 12.1 Å². The molecule has 1 aromatic heterocycles. The van der Waals surface area contributed by atoms with E-state index in [0.717, 1.165) is 17.1 Å². The van der Waals surface area contributed by atoms with Gasteiger partial charge in [-0.1, -0.05) is 63.2 Å². The number of hydrogen-bond acceptors (Lipinski definition) is 3. The Bertz CT molecular complexity index is 861. The van der Waals surface area contributed by atoms with Gasteiger partial charge in [-0.05, 0) is 28.7 Å². The van der Waals surface area contributed by atoms with Crippen LogP contribution in [0, 0.1) is 0 Å². The van der Waals surface area contributed by atoms with E-state index >= 15 is 0 Å². The predicted molar refractivity (Wildman–Crippen MR) is 108 cm³/mol. The molecule has 1 amide bonds. The van der Waals surface area contributed by atoms with E-state index in [-0.39, 0.29) is 11.3 Å². The van der Waals surface area contributed by atoms with Crippen LogP contribution in [0.5, 0.6) is 0 Å². The van der Waals surface area contributed by atoms with Crippen molar-refractivity contribution in [2.75, 3.05) is 0 Å². The van der Waals surface area contributed by atoms with Crippen molar-refractivity contribution in [2.45, 2.75) is 39.2 Å². The highest BCUT2D eigenvalue weighted by molar-refractivity contribution is 7.09. The van der Waals surface area contributed by atoms with Crippen molar-refractivity contribution >= 4 is 17.2 Å². The maximum Gasteiger partial charge on any atom is 0.251 e. The second-order valence-electron chi connectivity index (χ2n) is 7.40. The number of hydrogen-bond donors (Lipinski definition) is 1. The molecule has 0 bridgehead atoms. The molecule has 2 aromatic carbocycles. The normalized spacial score (nSPS) is 11.3. The number of rotatable bonds is 5. The summed E-state index contributed by atoms with van der Waals surface area (Å²) in [5.74, 6) is -0.0666. The number of carbonyl (C=O) groups is 1. The molecular formula is C22H24N2OS. The summed E-state index contributed by atoms with van der Waals surface area (Å²) in [6, 6.07) is 18.1. The molecular weight excluding hydrogens is 340 g/mol. The number of thiazole rings is 1. The fourth-order valence-corrected chi connectivity index (χ4v) is 3.50. The van der Waals surface area contributed by atoms with Crippen LogP contribution in [-0.2, 0) is 18.4 Å². The number of benzene rings is 2. The summed E-state index contributed by atoms with van der Waals surface area (Å²) in [6.45, 7) is 6.94. The Kier molecular flexibility index (Phi) is 5.52. The number of nitrogens with zero attached hydrogens (tertiary/aromatic N) is 1. The van der Waals surface area contributed by atoms with Gasteiger partial charge in [0.05, 0.1) is 17.2 Å². The summed E-state index contributed by atoms with van der Waals surface area (Å²) in [6.07, 6.45) is 0.827. The van der Waals surface area contributed by atoms with Crippen LogP contribution >= 0.6 is 11.3 Å². The van der Waals surface area contributed by atoms with Gasteiger partial charge in [0.1, 0.15) is 0 Å². The van der Waals surface area contributed by atoms with Crippen molar-refractivity contribution in [2.24, 2.45) is 0 Å². The van der Waals surface area contributed by atoms with E-state index in [9.17, 15) is 4.79 Å². The van der Waals surface area contributed by atoms with Crippen LogP contribution in [0.3, 0.4) is 0 Å². The predicted octanol–water partition coefficient (Wildman–Crippen LogP) is 4.96. The Hall–Kier alpha value is -2.46. The smallest absolute Gasteiger partial charge is 0.251 e. The summed E-state index contributed by atoms with van der Waals surface area (Å²) < 4.78 is 0. The summed E-state index contributed by atoms with van der Waals surface area (Å²) in [7, 11) is 0. The van der Waals surface area contributed by atoms with Crippen LogP contribution < -0.4 is 5.32 Å². The van der Waals surface area contributed by atoms with Crippen molar-refractivity contribution in [1.29, 1.82) is 0 Å². The monoisotopic (exact) mass is 364 g/mol. The van der Waals surface area contributed by atoms with Crippen molar-refractivity contribution < 1.29 is 4.79 Å². The Balaban J connectivity index is 1.56. The van der Waals surface area contributed by atoms with Crippen molar-refractivity contribution in [3.05, 3.63) is 87.4 Å². The number of nitrogens with one attached hydrogen (secondary N) is 1. The molecule has 0 fully saturated rings. The quantitative estimate of drug-likeness (QED) is 0.695. The van der Waals surface area contributed by atoms with Crippen LogP contribution in [0.2, 0.25) is 0 Å². The van der Waals surface area contributed by atoms with E-state index < -0.39 is 0 Å². The van der Waals surface area contributed by atoms with Gasteiger partial charge in [-0.25, -0.2) is 4.98 Å². The van der Waals surface area contributed by atoms with Crippen LogP contribution in [-0.4, -0.2) is 10.9 Å². The minimum atomic E-state index is -0.0666. The molecule has 3 rings (SSSR count). The lowest BCUT2D eigenvalue weighted by molar-refractivity contribution is 0.0950.